The topological polar surface area (TPSA) is 93.1 Å². The molecule has 23 heavy (non-hydrogen) atoms. The molecular formula is C17H24O6. The minimum absolute atomic E-state index is 0.104. The maximum atomic E-state index is 12.3. The summed E-state index contributed by atoms with van der Waals surface area (Å²) in [6.07, 6.45) is 0.856. The first-order chi connectivity index (χ1) is 11.1. The third kappa shape index (κ3) is 5.33. The molecule has 2 N–H and O–H groups in total. The van der Waals surface area contributed by atoms with E-state index in [-0.39, 0.29) is 12.0 Å². The van der Waals surface area contributed by atoms with Gasteiger partial charge in [0, 0.05) is 0 Å². The normalized spacial score (nSPS) is 13.2. The molecule has 0 amide bonds. The van der Waals surface area contributed by atoms with Crippen molar-refractivity contribution in [1.82, 2.24) is 0 Å². The minimum Gasteiger partial charge on any atom is -0.462 e. The molecule has 0 aromatic heterocycles. The van der Waals surface area contributed by atoms with Gasteiger partial charge in [-0.3, -0.25) is 4.79 Å². The second-order valence-corrected chi connectivity index (χ2v) is 5.18. The van der Waals surface area contributed by atoms with Gasteiger partial charge in [0.1, 0.15) is 0 Å². The summed E-state index contributed by atoms with van der Waals surface area (Å²) in [6.45, 7) is 3.88. The number of carbonyl (C=O) groups is 2. The molecule has 1 rings (SSSR count). The lowest BCUT2D eigenvalue weighted by Gasteiger charge is -2.22. The summed E-state index contributed by atoms with van der Waals surface area (Å²) in [5.41, 5.74) is 1.59. The molecule has 0 bridgehead atoms. The molecule has 6 heteroatoms. The molecule has 0 aliphatic heterocycles. The van der Waals surface area contributed by atoms with E-state index in [1.165, 1.54) is 0 Å². The van der Waals surface area contributed by atoms with Crippen molar-refractivity contribution in [2.45, 2.75) is 45.3 Å². The van der Waals surface area contributed by atoms with Crippen LogP contribution in [0.4, 0.5) is 0 Å². The number of hydrogen-bond acceptors (Lipinski definition) is 6. The molecule has 0 aliphatic rings. The first-order valence-electron chi connectivity index (χ1n) is 7.76. The number of aliphatic hydroxyl groups excluding tert-OH is 2. The Bertz CT molecular complexity index is 514. The third-order valence-electron chi connectivity index (χ3n) is 3.61. The van der Waals surface area contributed by atoms with E-state index in [1.807, 2.05) is 13.8 Å². The molecule has 0 heterocycles. The quantitative estimate of drug-likeness (QED) is 0.295. The van der Waals surface area contributed by atoms with Crippen LogP contribution in [0.2, 0.25) is 0 Å². The van der Waals surface area contributed by atoms with Crippen molar-refractivity contribution in [3.05, 3.63) is 34.9 Å². The Morgan fingerprint density at radius 2 is 2.09 bits per heavy atom. The monoisotopic (exact) mass is 324 g/mol. The molecule has 0 saturated heterocycles. The van der Waals surface area contributed by atoms with Crippen molar-refractivity contribution in [2.75, 3.05) is 13.2 Å². The predicted octanol–water partition coefficient (Wildman–Crippen LogP) is 1.77. The average molecular weight is 324 g/mol. The van der Waals surface area contributed by atoms with Crippen molar-refractivity contribution < 1.29 is 29.3 Å². The Kier molecular flexibility index (Phi) is 8.29. The predicted molar refractivity (Wildman–Crippen MR) is 84.0 cm³/mol. The van der Waals surface area contributed by atoms with Crippen LogP contribution in [0.3, 0.4) is 0 Å². The Balaban J connectivity index is 3.13. The van der Waals surface area contributed by atoms with Crippen molar-refractivity contribution >= 4 is 12.4 Å². The number of hydrogen-bond donors (Lipinski definition) is 2. The second kappa shape index (κ2) is 9.97. The van der Waals surface area contributed by atoms with Gasteiger partial charge >= 0.3 is 5.97 Å². The number of carbonyl (C=O) groups excluding carboxylic acids is 2. The van der Waals surface area contributed by atoms with E-state index in [0.717, 1.165) is 24.8 Å². The van der Waals surface area contributed by atoms with Gasteiger partial charge in [-0.15, -0.1) is 0 Å². The van der Waals surface area contributed by atoms with Gasteiger partial charge in [0.25, 0.3) is 6.47 Å². The zero-order chi connectivity index (χ0) is 17.2. The van der Waals surface area contributed by atoms with Gasteiger partial charge in [0.05, 0.1) is 24.7 Å². The summed E-state index contributed by atoms with van der Waals surface area (Å²) < 4.78 is 9.73. The van der Waals surface area contributed by atoms with Crippen LogP contribution in [0.5, 0.6) is 0 Å². The fourth-order valence-corrected chi connectivity index (χ4v) is 2.20. The SMILES string of the molecule is CCCCOC(=O)c1cc(CC)ccc1C(CO)C(O)OC=O. The number of ether oxygens (including phenoxy) is 2. The number of unbranched alkanes of at least 4 members (excludes halogenated alkanes) is 1. The molecule has 0 saturated carbocycles. The highest BCUT2D eigenvalue weighted by atomic mass is 16.6. The Hall–Kier alpha value is -1.92. The van der Waals surface area contributed by atoms with Gasteiger partial charge in [-0.1, -0.05) is 32.4 Å². The molecule has 1 aromatic rings. The molecule has 128 valence electrons. The summed E-state index contributed by atoms with van der Waals surface area (Å²) in [4.78, 5) is 22.7. The van der Waals surface area contributed by atoms with Gasteiger partial charge in [-0.2, -0.15) is 0 Å². The van der Waals surface area contributed by atoms with Crippen LogP contribution in [-0.4, -0.2) is 42.2 Å². The molecule has 6 nitrogen and oxygen atoms in total. The summed E-state index contributed by atoms with van der Waals surface area (Å²) in [7, 11) is 0. The van der Waals surface area contributed by atoms with E-state index in [9.17, 15) is 19.8 Å². The summed E-state index contributed by atoms with van der Waals surface area (Å²) in [5.74, 6) is -1.43. The van der Waals surface area contributed by atoms with Crippen molar-refractivity contribution in [3.63, 3.8) is 0 Å². The van der Waals surface area contributed by atoms with Crippen molar-refractivity contribution in [2.24, 2.45) is 0 Å². The largest absolute Gasteiger partial charge is 0.462 e. The number of benzene rings is 1. The highest BCUT2D eigenvalue weighted by Crippen LogP contribution is 2.26. The lowest BCUT2D eigenvalue weighted by molar-refractivity contribution is -0.157. The standard InChI is InChI=1S/C17H24O6/c1-3-5-8-22-16(20)14-9-12(4-2)6-7-13(14)15(10-18)17(21)23-11-19/h6-7,9,11,15,17-18,21H,3-5,8,10H2,1-2H3. The molecular weight excluding hydrogens is 300 g/mol. The molecule has 0 radical (unpaired) electrons. The molecule has 2 unspecified atom stereocenters. The number of esters is 1. The van der Waals surface area contributed by atoms with Crippen molar-refractivity contribution in [1.29, 1.82) is 0 Å². The molecule has 2 atom stereocenters. The fourth-order valence-electron chi connectivity index (χ4n) is 2.20. The smallest absolute Gasteiger partial charge is 0.338 e. The van der Waals surface area contributed by atoms with Crippen LogP contribution in [0, 0.1) is 0 Å². The third-order valence-corrected chi connectivity index (χ3v) is 3.61. The van der Waals surface area contributed by atoms with Crippen LogP contribution >= 0.6 is 0 Å². The van der Waals surface area contributed by atoms with Crippen LogP contribution in [0.25, 0.3) is 0 Å². The second-order valence-electron chi connectivity index (χ2n) is 5.18. The number of aliphatic hydroxyl groups is 2. The van der Waals surface area contributed by atoms with E-state index in [4.69, 9.17) is 4.74 Å². The van der Waals surface area contributed by atoms with E-state index in [2.05, 4.69) is 4.74 Å². The van der Waals surface area contributed by atoms with Gasteiger partial charge in [0.15, 0.2) is 0 Å². The molecule has 0 spiro atoms. The van der Waals surface area contributed by atoms with Gasteiger partial charge in [-0.25, -0.2) is 4.79 Å². The first-order valence-corrected chi connectivity index (χ1v) is 7.76. The summed E-state index contributed by atoms with van der Waals surface area (Å²) in [6, 6.07) is 5.13. The Labute approximate surface area is 136 Å². The maximum absolute atomic E-state index is 12.3. The lowest BCUT2D eigenvalue weighted by Crippen LogP contribution is -2.26. The van der Waals surface area contributed by atoms with E-state index in [0.29, 0.717) is 12.2 Å². The maximum Gasteiger partial charge on any atom is 0.338 e. The van der Waals surface area contributed by atoms with Gasteiger partial charge in [-0.05, 0) is 30.0 Å². The number of rotatable bonds is 10. The Morgan fingerprint density at radius 3 is 2.65 bits per heavy atom. The van der Waals surface area contributed by atoms with Gasteiger partial charge in [0.2, 0.25) is 6.29 Å². The number of aryl methyl sites for hydroxylation is 1. The summed E-state index contributed by atoms with van der Waals surface area (Å²) in [5, 5.41) is 19.4. The minimum atomic E-state index is -1.54. The van der Waals surface area contributed by atoms with Gasteiger partial charge < -0.3 is 19.7 Å². The highest BCUT2D eigenvalue weighted by molar-refractivity contribution is 5.91. The van der Waals surface area contributed by atoms with E-state index in [1.54, 1.807) is 18.2 Å². The van der Waals surface area contributed by atoms with E-state index >= 15 is 0 Å². The van der Waals surface area contributed by atoms with Crippen LogP contribution in [0.1, 0.15) is 54.1 Å². The Morgan fingerprint density at radius 1 is 1.35 bits per heavy atom. The average Bonchev–Trinajstić information content (AvgIpc) is 2.56. The lowest BCUT2D eigenvalue weighted by atomic mass is 9.92. The van der Waals surface area contributed by atoms with Crippen LogP contribution in [-0.2, 0) is 20.7 Å². The molecule has 1 aromatic carbocycles. The molecule has 0 aliphatic carbocycles. The zero-order valence-electron chi connectivity index (χ0n) is 13.5. The molecule has 0 fully saturated rings. The zero-order valence-corrected chi connectivity index (χ0v) is 13.5. The van der Waals surface area contributed by atoms with Crippen molar-refractivity contribution in [3.8, 4) is 0 Å². The summed E-state index contributed by atoms with van der Waals surface area (Å²) >= 11 is 0. The van der Waals surface area contributed by atoms with E-state index < -0.39 is 24.8 Å². The fraction of sp³-hybridized carbons (Fsp3) is 0.529. The highest BCUT2D eigenvalue weighted by Gasteiger charge is 2.27. The van der Waals surface area contributed by atoms with Crippen LogP contribution < -0.4 is 0 Å². The van der Waals surface area contributed by atoms with Crippen LogP contribution in [0.15, 0.2) is 18.2 Å². The first kappa shape index (κ1) is 19.1.